The van der Waals surface area contributed by atoms with E-state index in [0.717, 1.165) is 23.5 Å². The van der Waals surface area contributed by atoms with E-state index in [9.17, 15) is 4.79 Å². The van der Waals surface area contributed by atoms with Crippen molar-refractivity contribution < 1.29 is 23.7 Å². The molecule has 4 rings (SSSR count). The molecule has 35 heavy (non-hydrogen) atoms. The number of carbonyl (C=O) groups excluding carboxylic acids is 1. The van der Waals surface area contributed by atoms with Crippen molar-refractivity contribution in [2.24, 2.45) is 9.39 Å². The van der Waals surface area contributed by atoms with Crippen molar-refractivity contribution in [1.82, 2.24) is 4.90 Å². The maximum absolute atomic E-state index is 12.6. The van der Waals surface area contributed by atoms with Crippen molar-refractivity contribution in [3.05, 3.63) is 53.6 Å². The van der Waals surface area contributed by atoms with Crippen molar-refractivity contribution in [3.8, 4) is 23.0 Å². The van der Waals surface area contributed by atoms with Gasteiger partial charge >= 0.3 is 0 Å². The number of rotatable bonds is 9. The zero-order valence-corrected chi connectivity index (χ0v) is 21.1. The Morgan fingerprint density at radius 3 is 2.63 bits per heavy atom. The van der Waals surface area contributed by atoms with Crippen LogP contribution < -0.4 is 18.9 Å². The molecule has 2 aromatic carbocycles. The van der Waals surface area contributed by atoms with E-state index in [1.807, 2.05) is 25.1 Å². The Bertz CT molecular complexity index is 1230. The van der Waals surface area contributed by atoms with Crippen molar-refractivity contribution in [2.45, 2.75) is 6.92 Å². The fourth-order valence-electron chi connectivity index (χ4n) is 3.29. The summed E-state index contributed by atoms with van der Waals surface area (Å²) in [6, 6.07) is 12.7. The minimum absolute atomic E-state index is 0.0543. The first-order valence-corrected chi connectivity index (χ1v) is 12.5. The van der Waals surface area contributed by atoms with Gasteiger partial charge in [0, 0.05) is 6.07 Å². The molecule has 1 N–H and O–H groups in total. The molecule has 2 aliphatic rings. The topological polar surface area (TPSA) is 106 Å². The summed E-state index contributed by atoms with van der Waals surface area (Å²) in [5, 5.41) is 9.64. The van der Waals surface area contributed by atoms with Crippen molar-refractivity contribution in [2.75, 3.05) is 33.2 Å². The number of ether oxygens (including phenoxy) is 4. The van der Waals surface area contributed by atoms with E-state index in [1.165, 1.54) is 11.8 Å². The maximum Gasteiger partial charge on any atom is 0.283 e. The van der Waals surface area contributed by atoms with Gasteiger partial charge in [-0.3, -0.25) is 10.2 Å². The second-order valence-corrected chi connectivity index (χ2v) is 9.09. The quantitative estimate of drug-likeness (QED) is 0.298. The van der Waals surface area contributed by atoms with Crippen LogP contribution in [0, 0.1) is 5.41 Å². The molecule has 0 atom stereocenters. The number of carbonyl (C=O) groups is 1. The van der Waals surface area contributed by atoms with E-state index >= 15 is 0 Å². The molecule has 2 aliphatic heterocycles. The van der Waals surface area contributed by atoms with Crippen LogP contribution in [0.4, 0.5) is 0 Å². The number of amides is 1. The second kappa shape index (κ2) is 11.3. The molecule has 0 saturated carbocycles. The number of nitrogens with zero attached hydrogens (tertiary/aromatic N) is 3. The largest absolute Gasteiger partial charge is 0.497 e. The summed E-state index contributed by atoms with van der Waals surface area (Å²) < 4.78 is 26.5. The molecule has 182 valence electrons. The van der Waals surface area contributed by atoms with Gasteiger partial charge in [0.15, 0.2) is 16.7 Å². The first-order valence-electron chi connectivity index (χ1n) is 10.7. The van der Waals surface area contributed by atoms with Gasteiger partial charge in [-0.05, 0) is 41.7 Å². The number of nitrogens with one attached hydrogen (secondary N) is 1. The number of fused-ring (bicyclic) bond motifs is 1. The molecule has 0 fully saturated rings. The molecule has 0 aliphatic carbocycles. The average molecular weight is 513 g/mol. The summed E-state index contributed by atoms with van der Waals surface area (Å²) in [7, 11) is 3.15. The van der Waals surface area contributed by atoms with Gasteiger partial charge in [-0.2, -0.15) is 9.39 Å². The van der Waals surface area contributed by atoms with Gasteiger partial charge in [-0.25, -0.2) is 4.90 Å². The summed E-state index contributed by atoms with van der Waals surface area (Å²) in [5.74, 6) is 2.83. The lowest BCUT2D eigenvalue weighted by Gasteiger charge is -2.24. The number of benzene rings is 2. The number of hydrogen-bond acceptors (Lipinski definition) is 9. The Balaban J connectivity index is 1.43. The van der Waals surface area contributed by atoms with Gasteiger partial charge in [0.2, 0.25) is 5.17 Å². The first kappa shape index (κ1) is 24.7. The predicted molar refractivity (Wildman–Crippen MR) is 140 cm³/mol. The van der Waals surface area contributed by atoms with Crippen LogP contribution in [0.2, 0.25) is 0 Å². The third kappa shape index (κ3) is 5.63. The number of hydrogen-bond donors (Lipinski definition) is 1. The van der Waals surface area contributed by atoms with Crippen LogP contribution in [-0.2, 0) is 4.79 Å². The molecule has 0 unspecified atom stereocenters. The Morgan fingerprint density at radius 2 is 1.86 bits per heavy atom. The van der Waals surface area contributed by atoms with Crippen LogP contribution >= 0.6 is 23.7 Å². The zero-order chi connectivity index (χ0) is 24.8. The molecule has 1 amide bonds. The fourth-order valence-corrected chi connectivity index (χ4v) is 4.86. The molecular formula is C24H24N4O5S2. The highest BCUT2D eigenvalue weighted by molar-refractivity contribution is 8.19. The predicted octanol–water partition coefficient (Wildman–Crippen LogP) is 4.49. The minimum Gasteiger partial charge on any atom is -0.497 e. The zero-order valence-electron chi connectivity index (χ0n) is 19.4. The molecule has 0 saturated heterocycles. The summed E-state index contributed by atoms with van der Waals surface area (Å²) in [6.45, 7) is 2.64. The molecule has 0 bridgehead atoms. The van der Waals surface area contributed by atoms with Crippen LogP contribution in [0.25, 0.3) is 6.08 Å². The van der Waals surface area contributed by atoms with Gasteiger partial charge in [-0.1, -0.05) is 30.8 Å². The molecular weight excluding hydrogens is 488 g/mol. The van der Waals surface area contributed by atoms with Crippen molar-refractivity contribution >= 4 is 51.9 Å². The number of methoxy groups -OCH3 is 2. The molecule has 9 nitrogen and oxygen atoms in total. The fraction of sp³-hybridized carbons (Fsp3) is 0.250. The van der Waals surface area contributed by atoms with Crippen LogP contribution in [0.1, 0.15) is 12.5 Å². The Hall–Kier alpha value is -3.44. The molecule has 11 heteroatoms. The van der Waals surface area contributed by atoms with Gasteiger partial charge in [0.25, 0.3) is 5.91 Å². The maximum atomic E-state index is 12.6. The lowest BCUT2D eigenvalue weighted by atomic mass is 10.1. The van der Waals surface area contributed by atoms with Gasteiger partial charge in [-0.15, -0.1) is 0 Å². The van der Waals surface area contributed by atoms with E-state index in [4.69, 9.17) is 24.4 Å². The molecule has 0 radical (unpaired) electrons. The monoisotopic (exact) mass is 512 g/mol. The Morgan fingerprint density at radius 1 is 1.06 bits per heavy atom. The molecule has 2 aromatic rings. The number of thioether (sulfide) groups is 1. The van der Waals surface area contributed by atoms with E-state index < -0.39 is 5.91 Å². The van der Waals surface area contributed by atoms with E-state index in [1.54, 1.807) is 49.5 Å². The highest BCUT2D eigenvalue weighted by atomic mass is 32.2. The first-order chi connectivity index (χ1) is 17.0. The van der Waals surface area contributed by atoms with Crippen LogP contribution in [0.5, 0.6) is 23.0 Å². The van der Waals surface area contributed by atoms with E-state index in [2.05, 4.69) is 9.39 Å². The standard InChI is InChI=1S/C24H24N4O5S2/c1-4-34-24-27-35-23-26-22(29)18(21(25)28(23)24)12-15-8-9-19(20(13-15)31-3)33-11-10-32-17-7-5-6-16(14-17)30-2/h5-9,12-14,25H,4,10-11H2,1-3H3/b18-12-,25-21?. The second-order valence-electron chi connectivity index (χ2n) is 7.13. The summed E-state index contributed by atoms with van der Waals surface area (Å²) in [4.78, 5) is 18.3. The Labute approximate surface area is 211 Å². The third-order valence-corrected chi connectivity index (χ3v) is 6.55. The summed E-state index contributed by atoms with van der Waals surface area (Å²) in [5.41, 5.74) is 0.866. The van der Waals surface area contributed by atoms with Crippen molar-refractivity contribution in [3.63, 3.8) is 0 Å². The summed E-state index contributed by atoms with van der Waals surface area (Å²) >= 11 is 2.61. The highest BCUT2D eigenvalue weighted by Gasteiger charge is 2.37. The lowest BCUT2D eigenvalue weighted by Crippen LogP contribution is -2.41. The molecule has 2 heterocycles. The normalized spacial score (nSPS) is 16.1. The van der Waals surface area contributed by atoms with Gasteiger partial charge < -0.3 is 18.9 Å². The summed E-state index contributed by atoms with van der Waals surface area (Å²) in [6.07, 6.45) is 1.63. The highest BCUT2D eigenvalue weighted by Crippen LogP contribution is 2.33. The van der Waals surface area contributed by atoms with Crippen LogP contribution in [-0.4, -0.2) is 60.2 Å². The Kier molecular flexibility index (Phi) is 7.98. The van der Waals surface area contributed by atoms with Gasteiger partial charge in [0.1, 0.15) is 30.5 Å². The minimum atomic E-state index is -0.472. The smallest absolute Gasteiger partial charge is 0.283 e. The van der Waals surface area contributed by atoms with Crippen molar-refractivity contribution in [1.29, 1.82) is 5.41 Å². The number of aliphatic imine (C=N–C) groups is 1. The SMILES string of the molecule is CCSC1=NSC2=NC(=O)/C(=C\c3ccc(OCCOc4cccc(OC)c4)c(OC)c3)C(=N)N12. The molecule has 0 spiro atoms. The van der Waals surface area contributed by atoms with Crippen LogP contribution in [0.3, 0.4) is 0 Å². The third-order valence-electron chi connectivity index (χ3n) is 4.92. The van der Waals surface area contributed by atoms with E-state index in [0.29, 0.717) is 46.4 Å². The van der Waals surface area contributed by atoms with E-state index in [-0.39, 0.29) is 11.4 Å². The van der Waals surface area contributed by atoms with Crippen LogP contribution in [0.15, 0.2) is 57.4 Å². The average Bonchev–Trinajstić information content (AvgIpc) is 3.27. The lowest BCUT2D eigenvalue weighted by molar-refractivity contribution is -0.114. The number of amidine groups is 3. The van der Waals surface area contributed by atoms with Gasteiger partial charge in [0.05, 0.1) is 31.7 Å². The molecule has 0 aromatic heterocycles.